The highest BCUT2D eigenvalue weighted by molar-refractivity contribution is 5.76. The summed E-state index contributed by atoms with van der Waals surface area (Å²) in [6.07, 6.45) is 3.12. The Hall–Kier alpha value is -2.53. The molecule has 1 saturated carbocycles. The number of carbonyl (C=O) groups is 1. The van der Waals surface area contributed by atoms with E-state index in [1.165, 1.54) is 12.8 Å². The molecule has 2 aromatic rings. The van der Waals surface area contributed by atoms with Crippen molar-refractivity contribution in [3.63, 3.8) is 0 Å². The molecule has 166 valence electrons. The van der Waals surface area contributed by atoms with Crippen LogP contribution < -0.4 is 14.4 Å². The highest BCUT2D eigenvalue weighted by Gasteiger charge is 2.35. The van der Waals surface area contributed by atoms with Crippen LogP contribution in [0.5, 0.6) is 11.5 Å². The van der Waals surface area contributed by atoms with Crippen LogP contribution in [0.2, 0.25) is 0 Å². The van der Waals surface area contributed by atoms with E-state index in [0.717, 1.165) is 48.4 Å². The standard InChI is InChI=1S/C26H33NO4/c1-18(14-19(2)28)21-6-10-24(11-7-21)31-26-16-27(15-25(26)29-3)22-8-12-23(13-9-22)30-17-20-4-5-20/h6-13,18,20,25-26H,4-5,14-17H2,1-3H3/t18-,25-,26?/m1/s1. The topological polar surface area (TPSA) is 48.0 Å². The van der Waals surface area contributed by atoms with Crippen molar-refractivity contribution in [1.29, 1.82) is 0 Å². The van der Waals surface area contributed by atoms with Crippen molar-refractivity contribution in [2.45, 2.75) is 51.2 Å². The molecule has 0 spiro atoms. The fourth-order valence-electron chi connectivity index (χ4n) is 4.14. The van der Waals surface area contributed by atoms with E-state index in [-0.39, 0.29) is 23.9 Å². The minimum absolute atomic E-state index is 0.00195. The Morgan fingerprint density at radius 1 is 1.00 bits per heavy atom. The molecule has 1 saturated heterocycles. The van der Waals surface area contributed by atoms with Crippen LogP contribution in [0.25, 0.3) is 0 Å². The third-order valence-corrected chi connectivity index (χ3v) is 6.23. The summed E-state index contributed by atoms with van der Waals surface area (Å²) in [7, 11) is 1.74. The first-order chi connectivity index (χ1) is 15.0. The first-order valence-electron chi connectivity index (χ1n) is 11.3. The predicted molar refractivity (Wildman–Crippen MR) is 122 cm³/mol. The molecule has 31 heavy (non-hydrogen) atoms. The van der Waals surface area contributed by atoms with Crippen molar-refractivity contribution in [3.05, 3.63) is 54.1 Å². The van der Waals surface area contributed by atoms with Gasteiger partial charge in [-0.05, 0) is 73.6 Å². The maximum absolute atomic E-state index is 11.4. The number of ketones is 1. The molecule has 1 heterocycles. The van der Waals surface area contributed by atoms with Crippen LogP contribution >= 0.6 is 0 Å². The summed E-state index contributed by atoms with van der Waals surface area (Å²) in [5, 5.41) is 0. The summed E-state index contributed by atoms with van der Waals surface area (Å²) in [4.78, 5) is 13.7. The second kappa shape index (κ2) is 9.73. The van der Waals surface area contributed by atoms with Gasteiger partial charge in [-0.2, -0.15) is 0 Å². The highest BCUT2D eigenvalue weighted by Crippen LogP contribution is 2.31. The SMILES string of the molecule is CO[C@@H]1CN(c2ccc(OCC3CC3)cc2)CC1Oc1ccc([C@H](C)CC(C)=O)cc1. The number of rotatable bonds is 10. The lowest BCUT2D eigenvalue weighted by Gasteiger charge is -2.20. The average Bonchev–Trinajstić information content (AvgIpc) is 3.51. The number of methoxy groups -OCH3 is 1. The largest absolute Gasteiger partial charge is 0.493 e. The molecule has 5 nitrogen and oxygen atoms in total. The Labute approximate surface area is 185 Å². The average molecular weight is 424 g/mol. The van der Waals surface area contributed by atoms with Gasteiger partial charge in [0.15, 0.2) is 0 Å². The van der Waals surface area contributed by atoms with E-state index in [1.54, 1.807) is 14.0 Å². The van der Waals surface area contributed by atoms with Crippen molar-refractivity contribution in [3.8, 4) is 11.5 Å². The van der Waals surface area contributed by atoms with Gasteiger partial charge in [0.2, 0.25) is 0 Å². The van der Waals surface area contributed by atoms with Crippen molar-refractivity contribution >= 4 is 11.5 Å². The minimum Gasteiger partial charge on any atom is -0.493 e. The molecule has 0 radical (unpaired) electrons. The van der Waals surface area contributed by atoms with Crippen molar-refractivity contribution < 1.29 is 19.0 Å². The lowest BCUT2D eigenvalue weighted by molar-refractivity contribution is -0.117. The second-order valence-corrected chi connectivity index (χ2v) is 8.96. The molecule has 1 aliphatic heterocycles. The molecule has 2 fully saturated rings. The Balaban J connectivity index is 1.35. The van der Waals surface area contributed by atoms with Gasteiger partial charge >= 0.3 is 0 Å². The zero-order chi connectivity index (χ0) is 21.8. The van der Waals surface area contributed by atoms with E-state index in [1.807, 2.05) is 12.1 Å². The van der Waals surface area contributed by atoms with Crippen molar-refractivity contribution in [2.75, 3.05) is 31.7 Å². The number of hydrogen-bond acceptors (Lipinski definition) is 5. The number of ether oxygens (including phenoxy) is 3. The number of anilines is 1. The number of carbonyl (C=O) groups excluding carboxylic acids is 1. The summed E-state index contributed by atoms with van der Waals surface area (Å²) in [6, 6.07) is 16.4. The van der Waals surface area contributed by atoms with Crippen LogP contribution in [-0.4, -0.2) is 44.8 Å². The molecule has 0 N–H and O–H groups in total. The molecule has 4 rings (SSSR count). The van der Waals surface area contributed by atoms with Crippen LogP contribution in [0.4, 0.5) is 5.69 Å². The van der Waals surface area contributed by atoms with Gasteiger partial charge in [0, 0.05) is 25.8 Å². The molecule has 3 atom stereocenters. The van der Waals surface area contributed by atoms with E-state index in [2.05, 4.69) is 48.2 Å². The van der Waals surface area contributed by atoms with Gasteiger partial charge in [0.25, 0.3) is 0 Å². The molecule has 1 aliphatic carbocycles. The van der Waals surface area contributed by atoms with Gasteiger partial charge < -0.3 is 23.9 Å². The van der Waals surface area contributed by atoms with Gasteiger partial charge in [0.05, 0.1) is 13.2 Å². The van der Waals surface area contributed by atoms with Crippen LogP contribution in [-0.2, 0) is 9.53 Å². The molecule has 0 bridgehead atoms. The maximum Gasteiger partial charge on any atom is 0.144 e. The number of benzene rings is 2. The van der Waals surface area contributed by atoms with E-state index in [0.29, 0.717) is 6.42 Å². The van der Waals surface area contributed by atoms with Gasteiger partial charge in [-0.3, -0.25) is 0 Å². The molecule has 0 amide bonds. The molecule has 1 unspecified atom stereocenters. The summed E-state index contributed by atoms with van der Waals surface area (Å²) in [6.45, 7) is 6.10. The van der Waals surface area contributed by atoms with Crippen LogP contribution in [0, 0.1) is 5.92 Å². The fourth-order valence-corrected chi connectivity index (χ4v) is 4.14. The highest BCUT2D eigenvalue weighted by atomic mass is 16.5. The molecule has 0 aromatic heterocycles. The predicted octanol–water partition coefficient (Wildman–Crippen LogP) is 4.84. The van der Waals surface area contributed by atoms with Gasteiger partial charge in [0.1, 0.15) is 29.5 Å². The Kier molecular flexibility index (Phi) is 6.81. The van der Waals surface area contributed by atoms with Crippen molar-refractivity contribution in [1.82, 2.24) is 0 Å². The first-order valence-corrected chi connectivity index (χ1v) is 11.3. The number of hydrogen-bond donors (Lipinski definition) is 0. The minimum atomic E-state index is -0.0451. The Morgan fingerprint density at radius 2 is 1.65 bits per heavy atom. The quantitative estimate of drug-likeness (QED) is 0.547. The lowest BCUT2D eigenvalue weighted by Crippen LogP contribution is -2.31. The number of Topliss-reactive ketones (excluding diaryl/α,β-unsaturated/α-hetero) is 1. The normalized spacial score (nSPS) is 21.7. The summed E-state index contributed by atoms with van der Waals surface area (Å²) in [5.74, 6) is 2.95. The summed E-state index contributed by atoms with van der Waals surface area (Å²) in [5.41, 5.74) is 2.31. The van der Waals surface area contributed by atoms with Gasteiger partial charge in [-0.25, -0.2) is 0 Å². The van der Waals surface area contributed by atoms with Gasteiger partial charge in [-0.15, -0.1) is 0 Å². The third kappa shape index (κ3) is 5.79. The van der Waals surface area contributed by atoms with E-state index in [4.69, 9.17) is 14.2 Å². The van der Waals surface area contributed by atoms with E-state index >= 15 is 0 Å². The van der Waals surface area contributed by atoms with Crippen molar-refractivity contribution in [2.24, 2.45) is 5.92 Å². The van der Waals surface area contributed by atoms with Crippen LogP contribution in [0.15, 0.2) is 48.5 Å². The van der Waals surface area contributed by atoms with Crippen LogP contribution in [0.1, 0.15) is 44.6 Å². The molecular formula is C26H33NO4. The summed E-state index contributed by atoms with van der Waals surface area (Å²) >= 11 is 0. The number of nitrogens with zero attached hydrogens (tertiary/aromatic N) is 1. The van der Waals surface area contributed by atoms with Crippen LogP contribution in [0.3, 0.4) is 0 Å². The first kappa shape index (κ1) is 21.7. The lowest BCUT2D eigenvalue weighted by atomic mass is 9.96. The summed E-state index contributed by atoms with van der Waals surface area (Å²) < 4.78 is 17.9. The molecule has 2 aliphatic rings. The molecule has 5 heteroatoms. The monoisotopic (exact) mass is 423 g/mol. The smallest absolute Gasteiger partial charge is 0.144 e. The zero-order valence-electron chi connectivity index (χ0n) is 18.8. The maximum atomic E-state index is 11.4. The van der Waals surface area contributed by atoms with Gasteiger partial charge in [-0.1, -0.05) is 19.1 Å². The van der Waals surface area contributed by atoms with E-state index in [9.17, 15) is 4.79 Å². The Morgan fingerprint density at radius 3 is 2.26 bits per heavy atom. The zero-order valence-corrected chi connectivity index (χ0v) is 18.8. The fraction of sp³-hybridized carbons (Fsp3) is 0.500. The second-order valence-electron chi connectivity index (χ2n) is 8.96. The molecule has 2 aromatic carbocycles. The third-order valence-electron chi connectivity index (χ3n) is 6.23. The Bertz CT molecular complexity index is 860. The molecular weight excluding hydrogens is 390 g/mol. The van der Waals surface area contributed by atoms with E-state index < -0.39 is 0 Å².